The van der Waals surface area contributed by atoms with Gasteiger partial charge < -0.3 is 4.74 Å². The Balaban J connectivity index is 3.06. The van der Waals surface area contributed by atoms with Crippen LogP contribution in [0.5, 0.6) is 0 Å². The molecule has 1 aromatic rings. The fourth-order valence-corrected chi connectivity index (χ4v) is 3.65. The number of benzene rings is 1. The number of carbonyl (C=O) groups excluding carboxylic acids is 1. The average Bonchev–Trinajstić information content (AvgIpc) is 2.38. The largest absolute Gasteiger partial charge is 0.465 e. The second-order valence-electron chi connectivity index (χ2n) is 4.07. The van der Waals surface area contributed by atoms with Crippen LogP contribution in [0.4, 0.5) is 0 Å². The molecule has 7 heteroatoms. The van der Waals surface area contributed by atoms with Crippen molar-refractivity contribution in [3.05, 3.63) is 29.3 Å². The van der Waals surface area contributed by atoms with E-state index in [-0.39, 0.29) is 29.6 Å². The van der Waals surface area contributed by atoms with Crippen LogP contribution in [0.2, 0.25) is 5.02 Å². The van der Waals surface area contributed by atoms with Gasteiger partial charge in [0, 0.05) is 6.54 Å². The van der Waals surface area contributed by atoms with E-state index in [4.69, 9.17) is 16.3 Å². The topological polar surface area (TPSA) is 63.7 Å². The number of rotatable bonds is 7. The fourth-order valence-electron chi connectivity index (χ4n) is 1.68. The molecule has 0 bridgehead atoms. The second-order valence-corrected chi connectivity index (χ2v) is 6.39. The van der Waals surface area contributed by atoms with E-state index in [2.05, 4.69) is 0 Å². The monoisotopic (exact) mass is 319 g/mol. The summed E-state index contributed by atoms with van der Waals surface area (Å²) in [4.78, 5) is 11.5. The summed E-state index contributed by atoms with van der Waals surface area (Å²) in [6.07, 6.45) is 0.586. The zero-order valence-electron chi connectivity index (χ0n) is 11.5. The summed E-state index contributed by atoms with van der Waals surface area (Å²) in [5.41, 5.74) is 0. The summed E-state index contributed by atoms with van der Waals surface area (Å²) in [6.45, 7) is 3.64. The Morgan fingerprint density at radius 3 is 2.50 bits per heavy atom. The highest BCUT2D eigenvalue weighted by Crippen LogP contribution is 2.24. The average molecular weight is 320 g/mol. The van der Waals surface area contributed by atoms with Gasteiger partial charge in [-0.2, -0.15) is 4.31 Å². The Morgan fingerprint density at radius 1 is 1.30 bits per heavy atom. The third-order valence-electron chi connectivity index (χ3n) is 2.54. The van der Waals surface area contributed by atoms with Crippen molar-refractivity contribution < 1.29 is 17.9 Å². The van der Waals surface area contributed by atoms with Gasteiger partial charge >= 0.3 is 5.97 Å². The summed E-state index contributed by atoms with van der Waals surface area (Å²) in [6, 6.07) is 6.17. The molecule has 5 nitrogen and oxygen atoms in total. The summed E-state index contributed by atoms with van der Waals surface area (Å²) >= 11 is 5.93. The Kier molecular flexibility index (Phi) is 6.45. The van der Waals surface area contributed by atoms with Gasteiger partial charge in [-0.25, -0.2) is 8.42 Å². The van der Waals surface area contributed by atoms with Gasteiger partial charge in [-0.1, -0.05) is 30.7 Å². The highest BCUT2D eigenvalue weighted by Gasteiger charge is 2.28. The molecule has 0 aliphatic heterocycles. The molecule has 0 radical (unpaired) electrons. The van der Waals surface area contributed by atoms with Gasteiger partial charge in [0.1, 0.15) is 11.4 Å². The van der Waals surface area contributed by atoms with Crippen molar-refractivity contribution in [3.8, 4) is 0 Å². The number of carbonyl (C=O) groups is 1. The van der Waals surface area contributed by atoms with Gasteiger partial charge in [-0.3, -0.25) is 4.79 Å². The molecule has 0 saturated heterocycles. The molecule has 0 heterocycles. The molecule has 20 heavy (non-hydrogen) atoms. The first-order chi connectivity index (χ1) is 9.43. The molecular weight excluding hydrogens is 302 g/mol. The lowest BCUT2D eigenvalue weighted by Gasteiger charge is -2.21. The number of sulfonamides is 1. The lowest BCUT2D eigenvalue weighted by Crippen LogP contribution is -2.37. The number of nitrogens with zero attached hydrogens (tertiary/aromatic N) is 1. The van der Waals surface area contributed by atoms with Crippen molar-refractivity contribution in [3.63, 3.8) is 0 Å². The minimum Gasteiger partial charge on any atom is -0.465 e. The van der Waals surface area contributed by atoms with Crippen molar-refractivity contribution in [2.24, 2.45) is 0 Å². The minimum absolute atomic E-state index is 0.000542. The maximum Gasteiger partial charge on any atom is 0.321 e. The van der Waals surface area contributed by atoms with Gasteiger partial charge in [0.05, 0.1) is 11.6 Å². The highest BCUT2D eigenvalue weighted by molar-refractivity contribution is 7.89. The first-order valence-corrected chi connectivity index (χ1v) is 8.15. The van der Waals surface area contributed by atoms with Crippen molar-refractivity contribution in [2.75, 3.05) is 19.7 Å². The summed E-state index contributed by atoms with van der Waals surface area (Å²) < 4.78 is 30.9. The minimum atomic E-state index is -3.81. The zero-order valence-corrected chi connectivity index (χ0v) is 13.1. The normalized spacial score (nSPS) is 11.6. The molecular formula is C13H18ClNO4S. The lowest BCUT2D eigenvalue weighted by molar-refractivity contribution is -0.143. The van der Waals surface area contributed by atoms with Crippen LogP contribution in [0.1, 0.15) is 20.3 Å². The molecule has 0 atom stereocenters. The number of ether oxygens (including phenoxy) is 1. The fraction of sp³-hybridized carbons (Fsp3) is 0.462. The van der Waals surface area contributed by atoms with Crippen LogP contribution in [0.15, 0.2) is 29.2 Å². The molecule has 0 unspecified atom stereocenters. The molecule has 0 saturated carbocycles. The predicted octanol–water partition coefficient (Wildman–Crippen LogP) is 2.30. The molecule has 112 valence electrons. The molecule has 0 fully saturated rings. The predicted molar refractivity (Wildman–Crippen MR) is 77.1 cm³/mol. The first-order valence-electron chi connectivity index (χ1n) is 6.33. The quantitative estimate of drug-likeness (QED) is 0.723. The number of hydrogen-bond acceptors (Lipinski definition) is 4. The summed E-state index contributed by atoms with van der Waals surface area (Å²) in [5, 5.41) is 0.137. The van der Waals surface area contributed by atoms with Crippen molar-refractivity contribution in [2.45, 2.75) is 25.2 Å². The van der Waals surface area contributed by atoms with Crippen LogP contribution in [-0.2, 0) is 19.6 Å². The van der Waals surface area contributed by atoms with Gasteiger partial charge in [0.15, 0.2) is 0 Å². The standard InChI is InChI=1S/C13H18ClNO4S/c1-3-9-15(10-13(16)19-4-2)20(17,18)12-8-6-5-7-11(12)14/h5-8H,3-4,9-10H2,1-2H3. The Morgan fingerprint density at radius 2 is 1.95 bits per heavy atom. The molecule has 1 rings (SSSR count). The van der Waals surface area contributed by atoms with E-state index in [0.717, 1.165) is 4.31 Å². The summed E-state index contributed by atoms with van der Waals surface area (Å²) in [5.74, 6) is -0.573. The zero-order chi connectivity index (χ0) is 15.2. The van der Waals surface area contributed by atoms with E-state index in [1.54, 1.807) is 19.1 Å². The van der Waals surface area contributed by atoms with Gasteiger partial charge in [0.25, 0.3) is 0 Å². The Hall–Kier alpha value is -1.11. The van der Waals surface area contributed by atoms with E-state index in [1.807, 2.05) is 6.92 Å². The Labute approximate surface area is 124 Å². The van der Waals surface area contributed by atoms with Gasteiger partial charge in [-0.15, -0.1) is 0 Å². The third-order valence-corrected chi connectivity index (χ3v) is 4.88. The molecule has 0 aliphatic rings. The lowest BCUT2D eigenvalue weighted by atomic mass is 10.4. The van der Waals surface area contributed by atoms with E-state index in [0.29, 0.717) is 6.42 Å². The molecule has 0 aromatic heterocycles. The molecule has 0 spiro atoms. The van der Waals surface area contributed by atoms with Crippen LogP contribution in [-0.4, -0.2) is 38.4 Å². The smallest absolute Gasteiger partial charge is 0.321 e. The highest BCUT2D eigenvalue weighted by atomic mass is 35.5. The van der Waals surface area contributed by atoms with E-state index >= 15 is 0 Å². The van der Waals surface area contributed by atoms with Crippen LogP contribution in [0.3, 0.4) is 0 Å². The van der Waals surface area contributed by atoms with Gasteiger partial charge in [0.2, 0.25) is 10.0 Å². The second kappa shape index (κ2) is 7.61. The van der Waals surface area contributed by atoms with E-state index in [9.17, 15) is 13.2 Å². The summed E-state index contributed by atoms with van der Waals surface area (Å²) in [7, 11) is -3.81. The molecule has 0 aliphatic carbocycles. The van der Waals surface area contributed by atoms with Crippen LogP contribution >= 0.6 is 11.6 Å². The SMILES string of the molecule is CCCN(CC(=O)OCC)S(=O)(=O)c1ccccc1Cl. The van der Waals surface area contributed by atoms with Crippen LogP contribution < -0.4 is 0 Å². The molecule has 0 amide bonds. The third kappa shape index (κ3) is 4.19. The number of hydrogen-bond donors (Lipinski definition) is 0. The molecule has 0 N–H and O–H groups in total. The number of halogens is 1. The van der Waals surface area contributed by atoms with Crippen LogP contribution in [0, 0.1) is 0 Å². The van der Waals surface area contributed by atoms with E-state index < -0.39 is 16.0 Å². The Bertz CT molecular complexity index is 559. The maximum atomic E-state index is 12.5. The van der Waals surface area contributed by atoms with Crippen molar-refractivity contribution in [1.82, 2.24) is 4.31 Å². The maximum absolute atomic E-state index is 12.5. The van der Waals surface area contributed by atoms with Crippen LogP contribution in [0.25, 0.3) is 0 Å². The van der Waals surface area contributed by atoms with Crippen molar-refractivity contribution in [1.29, 1.82) is 0 Å². The number of esters is 1. The van der Waals surface area contributed by atoms with Crippen molar-refractivity contribution >= 4 is 27.6 Å². The van der Waals surface area contributed by atoms with Gasteiger partial charge in [-0.05, 0) is 25.5 Å². The first kappa shape index (κ1) is 16.9. The van der Waals surface area contributed by atoms with E-state index in [1.165, 1.54) is 12.1 Å². The molecule has 1 aromatic carbocycles.